The van der Waals surface area contributed by atoms with Crippen LogP contribution >= 0.6 is 0 Å². The van der Waals surface area contributed by atoms with E-state index >= 15 is 0 Å². The number of aromatic nitrogens is 1. The number of urea groups is 1. The van der Waals surface area contributed by atoms with Crippen LogP contribution in [0.15, 0.2) is 34.9 Å². The summed E-state index contributed by atoms with van der Waals surface area (Å²) < 4.78 is 44.7. The maximum absolute atomic E-state index is 13.1. The number of likely N-dealkylation sites (tertiary alicyclic amines) is 1. The maximum atomic E-state index is 13.1. The van der Waals surface area contributed by atoms with Crippen molar-refractivity contribution < 1.29 is 22.5 Å². The second kappa shape index (κ2) is 7.01. The lowest BCUT2D eigenvalue weighted by molar-refractivity contribution is -0.136. The summed E-state index contributed by atoms with van der Waals surface area (Å²) in [4.78, 5) is 14.1. The van der Waals surface area contributed by atoms with E-state index in [0.29, 0.717) is 18.7 Å². The van der Waals surface area contributed by atoms with E-state index in [2.05, 4.69) is 10.5 Å². The van der Waals surface area contributed by atoms with Gasteiger partial charge in [0.1, 0.15) is 0 Å². The van der Waals surface area contributed by atoms with E-state index in [1.807, 2.05) is 19.9 Å². The average Bonchev–Trinajstić information content (AvgIpc) is 3.23. The van der Waals surface area contributed by atoms with Crippen molar-refractivity contribution in [2.24, 2.45) is 0 Å². The van der Waals surface area contributed by atoms with Crippen LogP contribution in [-0.4, -0.2) is 22.6 Å². The zero-order chi connectivity index (χ0) is 18.9. The van der Waals surface area contributed by atoms with Crippen molar-refractivity contribution in [2.75, 3.05) is 11.9 Å². The lowest BCUT2D eigenvalue weighted by atomic mass is 10.1. The molecule has 1 fully saturated rings. The molecule has 1 saturated heterocycles. The summed E-state index contributed by atoms with van der Waals surface area (Å²) in [5, 5.41) is 6.40. The van der Waals surface area contributed by atoms with Crippen molar-refractivity contribution in [1.29, 1.82) is 0 Å². The van der Waals surface area contributed by atoms with Gasteiger partial charge in [0.2, 0.25) is 0 Å². The topological polar surface area (TPSA) is 58.4 Å². The second-order valence-electron chi connectivity index (χ2n) is 6.63. The molecule has 1 aromatic carbocycles. The number of amides is 2. The van der Waals surface area contributed by atoms with Crippen LogP contribution < -0.4 is 5.32 Å². The molecule has 1 N–H and O–H groups in total. The smallest absolute Gasteiger partial charge is 0.359 e. The summed E-state index contributed by atoms with van der Waals surface area (Å²) in [5.41, 5.74) is -0.336. The Morgan fingerprint density at radius 2 is 2.08 bits per heavy atom. The highest BCUT2D eigenvalue weighted by atomic mass is 19.4. The van der Waals surface area contributed by atoms with Crippen molar-refractivity contribution >= 4 is 11.7 Å². The molecular weight excluding hydrogens is 347 g/mol. The highest BCUT2D eigenvalue weighted by Crippen LogP contribution is 2.36. The number of hydrogen-bond acceptors (Lipinski definition) is 3. The highest BCUT2D eigenvalue weighted by Gasteiger charge is 2.36. The predicted molar refractivity (Wildman–Crippen MR) is 89.7 cm³/mol. The molecule has 0 radical (unpaired) electrons. The highest BCUT2D eigenvalue weighted by molar-refractivity contribution is 5.90. The van der Waals surface area contributed by atoms with Gasteiger partial charge < -0.3 is 14.7 Å². The Kier molecular flexibility index (Phi) is 4.93. The molecule has 0 spiro atoms. The Morgan fingerprint density at radius 1 is 1.35 bits per heavy atom. The van der Waals surface area contributed by atoms with Crippen molar-refractivity contribution in [3.8, 4) is 0 Å². The molecule has 0 bridgehead atoms. The monoisotopic (exact) mass is 367 g/mol. The van der Waals surface area contributed by atoms with E-state index in [9.17, 15) is 18.0 Å². The molecule has 5 nitrogen and oxygen atoms in total. The Labute approximate surface area is 149 Å². The van der Waals surface area contributed by atoms with Crippen LogP contribution in [0.25, 0.3) is 0 Å². The summed E-state index contributed by atoms with van der Waals surface area (Å²) in [7, 11) is 0. The molecule has 1 aromatic heterocycles. The van der Waals surface area contributed by atoms with Crippen LogP contribution in [0.5, 0.6) is 0 Å². The number of halogens is 3. The SMILES string of the molecule is CC(C)c1cc(C2CCCN2C(=O)Nc2ccccc2C(F)(F)F)on1. The zero-order valence-corrected chi connectivity index (χ0v) is 14.5. The third-order valence-electron chi connectivity index (χ3n) is 4.45. The number of anilines is 1. The van der Waals surface area contributed by atoms with Crippen LogP contribution in [0.2, 0.25) is 0 Å². The number of hydrogen-bond donors (Lipinski definition) is 1. The van der Waals surface area contributed by atoms with Crippen LogP contribution in [0.1, 0.15) is 55.7 Å². The van der Waals surface area contributed by atoms with Crippen molar-refractivity contribution in [3.05, 3.63) is 47.3 Å². The third-order valence-corrected chi connectivity index (χ3v) is 4.45. The number of nitrogens with zero attached hydrogens (tertiary/aromatic N) is 2. The van der Waals surface area contributed by atoms with Gasteiger partial charge in [0.25, 0.3) is 0 Å². The van der Waals surface area contributed by atoms with Gasteiger partial charge >= 0.3 is 12.2 Å². The van der Waals surface area contributed by atoms with E-state index in [-0.39, 0.29) is 17.6 Å². The Morgan fingerprint density at radius 3 is 2.73 bits per heavy atom. The Bertz CT molecular complexity index is 786. The zero-order valence-electron chi connectivity index (χ0n) is 14.5. The largest absolute Gasteiger partial charge is 0.418 e. The molecule has 1 aliphatic rings. The molecule has 26 heavy (non-hydrogen) atoms. The standard InChI is InChI=1S/C18H20F3N3O2/c1-11(2)14-10-16(26-23-14)15-8-5-9-24(15)17(25)22-13-7-4-3-6-12(13)18(19,20)21/h3-4,6-7,10-11,15H,5,8-9H2,1-2H3,(H,22,25). The molecule has 1 atom stereocenters. The molecule has 0 aliphatic carbocycles. The number of para-hydroxylation sites is 1. The summed E-state index contributed by atoms with van der Waals surface area (Å²) in [6, 6.07) is 5.85. The molecule has 2 heterocycles. The van der Waals surface area contributed by atoms with Gasteiger partial charge in [-0.15, -0.1) is 0 Å². The van der Waals surface area contributed by atoms with Crippen LogP contribution in [0.3, 0.4) is 0 Å². The van der Waals surface area contributed by atoms with Gasteiger partial charge in [0.05, 0.1) is 23.0 Å². The first kappa shape index (κ1) is 18.3. The minimum atomic E-state index is -4.54. The van der Waals surface area contributed by atoms with Gasteiger partial charge in [-0.2, -0.15) is 13.2 Å². The molecule has 140 valence electrons. The van der Waals surface area contributed by atoms with Crippen LogP contribution in [-0.2, 0) is 6.18 Å². The van der Waals surface area contributed by atoms with Gasteiger partial charge in [-0.05, 0) is 30.9 Å². The predicted octanol–water partition coefficient (Wildman–Crippen LogP) is 5.19. The van der Waals surface area contributed by atoms with E-state index in [1.54, 1.807) is 0 Å². The van der Waals surface area contributed by atoms with Gasteiger partial charge in [-0.1, -0.05) is 31.1 Å². The fourth-order valence-corrected chi connectivity index (χ4v) is 3.06. The first-order chi connectivity index (χ1) is 12.3. The van der Waals surface area contributed by atoms with E-state index in [1.165, 1.54) is 23.1 Å². The molecule has 2 aromatic rings. The number of carbonyl (C=O) groups excluding carboxylic acids is 1. The third kappa shape index (κ3) is 3.68. The van der Waals surface area contributed by atoms with Crippen molar-refractivity contribution in [3.63, 3.8) is 0 Å². The molecule has 1 unspecified atom stereocenters. The van der Waals surface area contributed by atoms with Gasteiger partial charge in [0, 0.05) is 12.6 Å². The normalized spacial score (nSPS) is 17.8. The van der Waals surface area contributed by atoms with Gasteiger partial charge in [0.15, 0.2) is 5.76 Å². The van der Waals surface area contributed by atoms with Crippen molar-refractivity contribution in [1.82, 2.24) is 10.1 Å². The van der Waals surface area contributed by atoms with E-state index in [0.717, 1.165) is 18.2 Å². The van der Waals surface area contributed by atoms with Crippen LogP contribution in [0.4, 0.5) is 23.7 Å². The lowest BCUT2D eigenvalue weighted by Crippen LogP contribution is -2.34. The van der Waals surface area contributed by atoms with E-state index in [4.69, 9.17) is 4.52 Å². The molecule has 3 rings (SSSR count). The second-order valence-corrected chi connectivity index (χ2v) is 6.63. The minimum Gasteiger partial charge on any atom is -0.359 e. The molecule has 2 amide bonds. The molecule has 1 aliphatic heterocycles. The fraction of sp³-hybridized carbons (Fsp3) is 0.444. The first-order valence-electron chi connectivity index (χ1n) is 8.47. The number of carbonyl (C=O) groups is 1. The fourth-order valence-electron chi connectivity index (χ4n) is 3.06. The minimum absolute atomic E-state index is 0.190. The summed E-state index contributed by atoms with van der Waals surface area (Å²) in [5.74, 6) is 0.750. The van der Waals surface area contributed by atoms with Crippen LogP contribution in [0, 0.1) is 0 Å². The summed E-state index contributed by atoms with van der Waals surface area (Å²) >= 11 is 0. The van der Waals surface area contributed by atoms with Crippen molar-refractivity contribution in [2.45, 2.75) is 44.8 Å². The molecular formula is C18H20F3N3O2. The quantitative estimate of drug-likeness (QED) is 0.813. The number of nitrogens with one attached hydrogen (secondary N) is 1. The lowest BCUT2D eigenvalue weighted by Gasteiger charge is -2.24. The Hall–Kier alpha value is -2.51. The molecule has 8 heteroatoms. The number of rotatable bonds is 3. The summed E-state index contributed by atoms with van der Waals surface area (Å²) in [6.45, 7) is 4.41. The summed E-state index contributed by atoms with van der Waals surface area (Å²) in [6.07, 6.45) is -3.11. The number of alkyl halides is 3. The first-order valence-corrected chi connectivity index (χ1v) is 8.47. The van der Waals surface area contributed by atoms with Gasteiger partial charge in [-0.25, -0.2) is 4.79 Å². The maximum Gasteiger partial charge on any atom is 0.418 e. The average molecular weight is 367 g/mol. The van der Waals surface area contributed by atoms with E-state index < -0.39 is 17.8 Å². The molecule has 0 saturated carbocycles. The number of benzene rings is 1. The Balaban J connectivity index is 1.79. The van der Waals surface area contributed by atoms with Gasteiger partial charge in [-0.3, -0.25) is 0 Å².